The fourth-order valence-corrected chi connectivity index (χ4v) is 1.78. The van der Waals surface area contributed by atoms with Gasteiger partial charge in [-0.3, -0.25) is 4.79 Å². The monoisotopic (exact) mass is 172 g/mol. The molecule has 0 bridgehead atoms. The molecule has 1 N–H and O–H groups in total. The van der Waals surface area contributed by atoms with Crippen LogP contribution in [0.25, 0.3) is 0 Å². The summed E-state index contributed by atoms with van der Waals surface area (Å²) in [6, 6.07) is 0. The molecule has 3 heteroatoms. The van der Waals surface area contributed by atoms with E-state index >= 15 is 0 Å². The second-order valence-electron chi connectivity index (χ2n) is 4.06. The highest BCUT2D eigenvalue weighted by molar-refractivity contribution is 5.67. The standard InChI is InChI=1S/C9H16O3/c1-9(2)6-7(3-4-12-9)5-8(10)11/h7H,3-6H2,1-2H3,(H,10,11). The van der Waals surface area contributed by atoms with Crippen molar-refractivity contribution < 1.29 is 14.6 Å². The fraction of sp³-hybridized carbons (Fsp3) is 0.889. The molecule has 3 nitrogen and oxygen atoms in total. The van der Waals surface area contributed by atoms with Gasteiger partial charge in [0.1, 0.15) is 0 Å². The Morgan fingerprint density at radius 3 is 2.83 bits per heavy atom. The molecule has 0 radical (unpaired) electrons. The van der Waals surface area contributed by atoms with Crippen LogP contribution in [0, 0.1) is 5.92 Å². The first kappa shape index (κ1) is 9.52. The van der Waals surface area contributed by atoms with Crippen LogP contribution < -0.4 is 0 Å². The largest absolute Gasteiger partial charge is 0.481 e. The van der Waals surface area contributed by atoms with Gasteiger partial charge in [0.2, 0.25) is 0 Å². The third kappa shape index (κ3) is 2.81. The first-order chi connectivity index (χ1) is 5.49. The van der Waals surface area contributed by atoms with E-state index in [1.807, 2.05) is 13.8 Å². The Kier molecular flexibility index (Phi) is 2.73. The summed E-state index contributed by atoms with van der Waals surface area (Å²) in [6.07, 6.45) is 2.03. The smallest absolute Gasteiger partial charge is 0.303 e. The Morgan fingerprint density at radius 2 is 2.33 bits per heavy atom. The maximum absolute atomic E-state index is 10.4. The van der Waals surface area contributed by atoms with Crippen LogP contribution >= 0.6 is 0 Å². The van der Waals surface area contributed by atoms with Crippen molar-refractivity contribution in [1.82, 2.24) is 0 Å². The van der Waals surface area contributed by atoms with Crippen LogP contribution in [0.3, 0.4) is 0 Å². The fourth-order valence-electron chi connectivity index (χ4n) is 1.78. The molecule has 70 valence electrons. The van der Waals surface area contributed by atoms with Gasteiger partial charge in [-0.25, -0.2) is 0 Å². The molecule has 0 aromatic heterocycles. The van der Waals surface area contributed by atoms with E-state index in [0.29, 0.717) is 12.5 Å². The van der Waals surface area contributed by atoms with Crippen molar-refractivity contribution in [2.75, 3.05) is 6.61 Å². The summed E-state index contributed by atoms with van der Waals surface area (Å²) < 4.78 is 5.48. The number of carboxylic acids is 1. The SMILES string of the molecule is CC1(C)CC(CC(=O)O)CCO1. The van der Waals surface area contributed by atoms with E-state index in [9.17, 15) is 4.79 Å². The highest BCUT2D eigenvalue weighted by atomic mass is 16.5. The second-order valence-corrected chi connectivity index (χ2v) is 4.06. The predicted molar refractivity (Wildman–Crippen MR) is 45.0 cm³/mol. The second kappa shape index (κ2) is 3.44. The molecule has 1 saturated heterocycles. The maximum Gasteiger partial charge on any atom is 0.303 e. The van der Waals surface area contributed by atoms with E-state index in [4.69, 9.17) is 9.84 Å². The number of rotatable bonds is 2. The zero-order valence-corrected chi connectivity index (χ0v) is 7.67. The van der Waals surface area contributed by atoms with Gasteiger partial charge in [0, 0.05) is 13.0 Å². The van der Waals surface area contributed by atoms with Gasteiger partial charge in [0.15, 0.2) is 0 Å². The van der Waals surface area contributed by atoms with E-state index in [2.05, 4.69) is 0 Å². The highest BCUT2D eigenvalue weighted by Crippen LogP contribution is 2.30. The lowest BCUT2D eigenvalue weighted by molar-refractivity contribution is -0.140. The highest BCUT2D eigenvalue weighted by Gasteiger charge is 2.29. The van der Waals surface area contributed by atoms with Gasteiger partial charge in [-0.05, 0) is 32.6 Å². The van der Waals surface area contributed by atoms with Gasteiger partial charge in [0.25, 0.3) is 0 Å². The van der Waals surface area contributed by atoms with Gasteiger partial charge < -0.3 is 9.84 Å². The van der Waals surface area contributed by atoms with Crippen molar-refractivity contribution in [2.45, 2.75) is 38.7 Å². The number of hydrogen-bond acceptors (Lipinski definition) is 2. The predicted octanol–water partition coefficient (Wildman–Crippen LogP) is 1.67. The van der Waals surface area contributed by atoms with Gasteiger partial charge in [-0.1, -0.05) is 0 Å². The van der Waals surface area contributed by atoms with Gasteiger partial charge in [-0.15, -0.1) is 0 Å². The van der Waals surface area contributed by atoms with E-state index in [1.54, 1.807) is 0 Å². The molecule has 0 saturated carbocycles. The molecule has 0 amide bonds. The van der Waals surface area contributed by atoms with E-state index in [-0.39, 0.29) is 12.0 Å². The quantitative estimate of drug-likeness (QED) is 0.689. The minimum absolute atomic E-state index is 0.127. The van der Waals surface area contributed by atoms with Crippen molar-refractivity contribution in [1.29, 1.82) is 0 Å². The molecule has 0 spiro atoms. The number of aliphatic carboxylic acids is 1. The van der Waals surface area contributed by atoms with Crippen LogP contribution in [0.1, 0.15) is 33.1 Å². The number of carboxylic acid groups (broad SMARTS) is 1. The van der Waals surface area contributed by atoms with Gasteiger partial charge >= 0.3 is 5.97 Å². The molecule has 1 fully saturated rings. The first-order valence-electron chi connectivity index (χ1n) is 4.35. The normalized spacial score (nSPS) is 28.3. The Bertz CT molecular complexity index is 175. The average Bonchev–Trinajstić information content (AvgIpc) is 1.82. The minimum atomic E-state index is -0.697. The molecule has 0 aliphatic carbocycles. The molecular weight excluding hydrogens is 156 g/mol. The summed E-state index contributed by atoms with van der Waals surface area (Å²) in [5, 5.41) is 8.60. The zero-order chi connectivity index (χ0) is 9.19. The lowest BCUT2D eigenvalue weighted by atomic mass is 9.86. The molecule has 0 aromatic rings. The summed E-state index contributed by atoms with van der Waals surface area (Å²) >= 11 is 0. The summed E-state index contributed by atoms with van der Waals surface area (Å²) in [4.78, 5) is 10.4. The lowest BCUT2D eigenvalue weighted by Gasteiger charge is -2.34. The third-order valence-corrected chi connectivity index (χ3v) is 2.26. The Balaban J connectivity index is 2.41. The summed E-state index contributed by atoms with van der Waals surface area (Å²) in [5.41, 5.74) is -0.127. The molecule has 1 aliphatic heterocycles. The lowest BCUT2D eigenvalue weighted by Crippen LogP contribution is -2.34. The molecule has 1 rings (SSSR count). The number of ether oxygens (including phenoxy) is 1. The van der Waals surface area contributed by atoms with Gasteiger partial charge in [-0.2, -0.15) is 0 Å². The van der Waals surface area contributed by atoms with Gasteiger partial charge in [0.05, 0.1) is 5.60 Å². The molecule has 0 aromatic carbocycles. The average molecular weight is 172 g/mol. The van der Waals surface area contributed by atoms with Crippen LogP contribution in [0.2, 0.25) is 0 Å². The molecule has 1 unspecified atom stereocenters. The Labute approximate surface area is 72.7 Å². The van der Waals surface area contributed by atoms with Crippen LogP contribution in [0.5, 0.6) is 0 Å². The van der Waals surface area contributed by atoms with Crippen molar-refractivity contribution in [3.05, 3.63) is 0 Å². The number of carbonyl (C=O) groups is 1. The van der Waals surface area contributed by atoms with E-state index < -0.39 is 5.97 Å². The van der Waals surface area contributed by atoms with Crippen molar-refractivity contribution >= 4 is 5.97 Å². The van der Waals surface area contributed by atoms with Crippen molar-refractivity contribution in [2.24, 2.45) is 5.92 Å². The summed E-state index contributed by atoms with van der Waals surface area (Å²) in [5.74, 6) is -0.399. The summed E-state index contributed by atoms with van der Waals surface area (Å²) in [7, 11) is 0. The number of hydrogen-bond donors (Lipinski definition) is 1. The van der Waals surface area contributed by atoms with Crippen molar-refractivity contribution in [3.63, 3.8) is 0 Å². The third-order valence-electron chi connectivity index (χ3n) is 2.26. The Morgan fingerprint density at radius 1 is 1.67 bits per heavy atom. The summed E-state index contributed by atoms with van der Waals surface area (Å²) in [6.45, 7) is 4.73. The van der Waals surface area contributed by atoms with Crippen molar-refractivity contribution in [3.8, 4) is 0 Å². The maximum atomic E-state index is 10.4. The van der Waals surface area contributed by atoms with E-state index in [1.165, 1.54) is 0 Å². The van der Waals surface area contributed by atoms with E-state index in [0.717, 1.165) is 12.8 Å². The molecule has 1 heterocycles. The topological polar surface area (TPSA) is 46.5 Å². The molecular formula is C9H16O3. The zero-order valence-electron chi connectivity index (χ0n) is 7.67. The van der Waals surface area contributed by atoms with Crippen LogP contribution in [-0.2, 0) is 9.53 Å². The van der Waals surface area contributed by atoms with Crippen LogP contribution in [0.15, 0.2) is 0 Å². The Hall–Kier alpha value is -0.570. The molecule has 1 atom stereocenters. The first-order valence-corrected chi connectivity index (χ1v) is 4.35. The van der Waals surface area contributed by atoms with Crippen LogP contribution in [-0.4, -0.2) is 23.3 Å². The molecule has 1 aliphatic rings. The van der Waals surface area contributed by atoms with Crippen LogP contribution in [0.4, 0.5) is 0 Å². The molecule has 12 heavy (non-hydrogen) atoms. The minimum Gasteiger partial charge on any atom is -0.481 e.